The summed E-state index contributed by atoms with van der Waals surface area (Å²) in [5, 5.41) is 3.30. The van der Waals surface area contributed by atoms with E-state index in [2.05, 4.69) is 26.1 Å². The molecule has 0 saturated carbocycles. The van der Waals surface area contributed by atoms with Crippen LogP contribution in [0.15, 0.2) is 18.2 Å². The fourth-order valence-electron chi connectivity index (χ4n) is 2.25. The molecule has 108 valence electrons. The van der Waals surface area contributed by atoms with Crippen LogP contribution in [0.5, 0.6) is 0 Å². The minimum Gasteiger partial charge on any atom is -0.372 e. The van der Waals surface area contributed by atoms with Crippen LogP contribution in [0.1, 0.15) is 51.6 Å². The zero-order chi connectivity index (χ0) is 14.3. The van der Waals surface area contributed by atoms with Gasteiger partial charge in [0.25, 0.3) is 0 Å². The number of unbranched alkanes of at least 4 members (excludes halogenated alkanes) is 2. The maximum Gasteiger partial charge on any atom is 0.146 e. The molecule has 1 rings (SSSR count). The molecule has 2 nitrogen and oxygen atoms in total. The Bertz CT molecular complexity index is 379. The second-order valence-electron chi connectivity index (χ2n) is 5.12. The van der Waals surface area contributed by atoms with Crippen molar-refractivity contribution in [2.45, 2.75) is 46.1 Å². The van der Waals surface area contributed by atoms with Crippen LogP contribution < -0.4 is 10.2 Å². The second-order valence-corrected chi connectivity index (χ2v) is 5.12. The zero-order valence-electron chi connectivity index (χ0n) is 12.7. The van der Waals surface area contributed by atoms with E-state index in [0.29, 0.717) is 5.69 Å². The van der Waals surface area contributed by atoms with Crippen LogP contribution in [0.3, 0.4) is 0 Å². The van der Waals surface area contributed by atoms with Gasteiger partial charge in [0.05, 0.1) is 5.69 Å². The summed E-state index contributed by atoms with van der Waals surface area (Å²) >= 11 is 0. The van der Waals surface area contributed by atoms with Crippen LogP contribution in [0, 0.1) is 5.82 Å². The smallest absolute Gasteiger partial charge is 0.146 e. The van der Waals surface area contributed by atoms with Gasteiger partial charge in [-0.1, -0.05) is 32.8 Å². The topological polar surface area (TPSA) is 15.3 Å². The third-order valence-corrected chi connectivity index (χ3v) is 3.49. The molecule has 0 heterocycles. The first-order chi connectivity index (χ1) is 9.10. The van der Waals surface area contributed by atoms with Crippen molar-refractivity contribution in [3.63, 3.8) is 0 Å². The average molecular weight is 266 g/mol. The molecule has 1 N–H and O–H groups in total. The van der Waals surface area contributed by atoms with E-state index in [4.69, 9.17) is 0 Å². The van der Waals surface area contributed by atoms with Crippen LogP contribution in [0.2, 0.25) is 0 Å². The van der Waals surface area contributed by atoms with E-state index >= 15 is 0 Å². The molecular formula is C16H27FN2. The molecule has 0 aliphatic rings. The first kappa shape index (κ1) is 16.0. The SMILES string of the molecule is CCCCCN(C)c1ccc(C(C)NCC)cc1F. The Morgan fingerprint density at radius 1 is 1.26 bits per heavy atom. The highest BCUT2D eigenvalue weighted by Crippen LogP contribution is 2.23. The Hall–Kier alpha value is -1.09. The van der Waals surface area contributed by atoms with Gasteiger partial charge >= 0.3 is 0 Å². The molecule has 0 saturated heterocycles. The first-order valence-corrected chi connectivity index (χ1v) is 7.34. The van der Waals surface area contributed by atoms with E-state index in [1.165, 1.54) is 12.8 Å². The third kappa shape index (κ3) is 4.83. The van der Waals surface area contributed by atoms with Gasteiger partial charge in [-0.05, 0) is 37.6 Å². The van der Waals surface area contributed by atoms with E-state index in [9.17, 15) is 4.39 Å². The van der Waals surface area contributed by atoms with Gasteiger partial charge < -0.3 is 10.2 Å². The van der Waals surface area contributed by atoms with Crippen molar-refractivity contribution in [1.82, 2.24) is 5.32 Å². The molecule has 1 aromatic carbocycles. The minimum absolute atomic E-state index is 0.124. The molecule has 0 aliphatic carbocycles. The molecule has 0 radical (unpaired) electrons. The predicted molar refractivity (Wildman–Crippen MR) is 81.3 cm³/mol. The van der Waals surface area contributed by atoms with Crippen molar-refractivity contribution >= 4 is 5.69 Å². The van der Waals surface area contributed by atoms with Gasteiger partial charge in [-0.2, -0.15) is 0 Å². The van der Waals surface area contributed by atoms with E-state index in [-0.39, 0.29) is 11.9 Å². The summed E-state index contributed by atoms with van der Waals surface area (Å²) in [6, 6.07) is 5.75. The molecule has 0 aliphatic heterocycles. The molecule has 3 heteroatoms. The Morgan fingerprint density at radius 3 is 2.58 bits per heavy atom. The Kier molecular flexibility index (Phi) is 6.85. The number of nitrogens with one attached hydrogen (secondary N) is 1. The number of rotatable bonds is 8. The predicted octanol–water partition coefficient (Wildman–Crippen LogP) is 4.12. The highest BCUT2D eigenvalue weighted by molar-refractivity contribution is 5.48. The van der Waals surface area contributed by atoms with Crippen molar-refractivity contribution < 1.29 is 4.39 Å². The van der Waals surface area contributed by atoms with E-state index in [0.717, 1.165) is 25.1 Å². The van der Waals surface area contributed by atoms with Crippen LogP contribution in [0.4, 0.5) is 10.1 Å². The van der Waals surface area contributed by atoms with Gasteiger partial charge in [-0.25, -0.2) is 4.39 Å². The lowest BCUT2D eigenvalue weighted by atomic mass is 10.1. The average Bonchev–Trinajstić information content (AvgIpc) is 2.39. The molecule has 0 spiro atoms. The van der Waals surface area contributed by atoms with Crippen LogP contribution in [-0.2, 0) is 0 Å². The molecule has 0 aromatic heterocycles. The number of anilines is 1. The standard InChI is InChI=1S/C16H27FN2/c1-5-7-8-11-19(4)16-10-9-14(12-15(16)17)13(3)18-6-2/h9-10,12-13,18H,5-8,11H2,1-4H3. The highest BCUT2D eigenvalue weighted by atomic mass is 19.1. The third-order valence-electron chi connectivity index (χ3n) is 3.49. The molecule has 0 fully saturated rings. The van der Waals surface area contributed by atoms with Crippen LogP contribution >= 0.6 is 0 Å². The van der Waals surface area contributed by atoms with Gasteiger partial charge in [-0.15, -0.1) is 0 Å². The Morgan fingerprint density at radius 2 is 2.00 bits per heavy atom. The fraction of sp³-hybridized carbons (Fsp3) is 0.625. The maximum absolute atomic E-state index is 14.1. The van der Waals surface area contributed by atoms with Crippen molar-refractivity contribution in [3.05, 3.63) is 29.6 Å². The molecule has 0 amide bonds. The van der Waals surface area contributed by atoms with Gasteiger partial charge in [0, 0.05) is 19.6 Å². The number of benzene rings is 1. The van der Waals surface area contributed by atoms with Gasteiger partial charge in [0.2, 0.25) is 0 Å². The number of hydrogen-bond donors (Lipinski definition) is 1. The van der Waals surface area contributed by atoms with E-state index < -0.39 is 0 Å². The van der Waals surface area contributed by atoms with Crippen molar-refractivity contribution in [2.24, 2.45) is 0 Å². The zero-order valence-corrected chi connectivity index (χ0v) is 12.7. The normalized spacial score (nSPS) is 12.5. The lowest BCUT2D eigenvalue weighted by molar-refractivity contribution is 0.580. The largest absolute Gasteiger partial charge is 0.372 e. The second kappa shape index (κ2) is 8.16. The molecule has 1 unspecified atom stereocenters. The monoisotopic (exact) mass is 266 g/mol. The summed E-state index contributed by atoms with van der Waals surface area (Å²) in [6.07, 6.45) is 3.50. The van der Waals surface area contributed by atoms with Crippen molar-refractivity contribution in [3.8, 4) is 0 Å². The fourth-order valence-corrected chi connectivity index (χ4v) is 2.25. The number of hydrogen-bond acceptors (Lipinski definition) is 2. The molecule has 19 heavy (non-hydrogen) atoms. The number of halogens is 1. The van der Waals surface area contributed by atoms with Gasteiger partial charge in [-0.3, -0.25) is 0 Å². The lowest BCUT2D eigenvalue weighted by Crippen LogP contribution is -2.21. The molecule has 1 aromatic rings. The Balaban J connectivity index is 2.70. The van der Waals surface area contributed by atoms with Crippen LogP contribution in [0.25, 0.3) is 0 Å². The lowest BCUT2D eigenvalue weighted by Gasteiger charge is -2.21. The quantitative estimate of drug-likeness (QED) is 0.712. The van der Waals surface area contributed by atoms with Crippen LogP contribution in [-0.4, -0.2) is 20.1 Å². The molecule has 0 bridgehead atoms. The summed E-state index contributed by atoms with van der Waals surface area (Å²) in [6.45, 7) is 8.09. The van der Waals surface area contributed by atoms with Gasteiger partial charge in [0.1, 0.15) is 5.82 Å². The first-order valence-electron chi connectivity index (χ1n) is 7.34. The minimum atomic E-state index is -0.124. The summed E-state index contributed by atoms with van der Waals surface area (Å²) in [4.78, 5) is 2.01. The highest BCUT2D eigenvalue weighted by Gasteiger charge is 2.11. The van der Waals surface area contributed by atoms with E-state index in [1.807, 2.05) is 24.1 Å². The summed E-state index contributed by atoms with van der Waals surface area (Å²) in [7, 11) is 1.96. The van der Waals surface area contributed by atoms with E-state index in [1.54, 1.807) is 6.07 Å². The maximum atomic E-state index is 14.1. The van der Waals surface area contributed by atoms with Crippen molar-refractivity contribution in [2.75, 3.05) is 25.0 Å². The summed E-state index contributed by atoms with van der Waals surface area (Å²) < 4.78 is 14.1. The summed E-state index contributed by atoms with van der Waals surface area (Å²) in [5.41, 5.74) is 1.70. The molecule has 1 atom stereocenters. The molecular weight excluding hydrogens is 239 g/mol. The Labute approximate surface area is 117 Å². The van der Waals surface area contributed by atoms with Crippen molar-refractivity contribution in [1.29, 1.82) is 0 Å². The number of nitrogens with zero attached hydrogens (tertiary/aromatic N) is 1. The van der Waals surface area contributed by atoms with Gasteiger partial charge in [0.15, 0.2) is 0 Å². The summed E-state index contributed by atoms with van der Waals surface area (Å²) in [5.74, 6) is -0.124.